The second-order valence-corrected chi connectivity index (χ2v) is 6.12. The summed E-state index contributed by atoms with van der Waals surface area (Å²) in [7, 11) is 0. The van der Waals surface area contributed by atoms with E-state index < -0.39 is 5.97 Å². The van der Waals surface area contributed by atoms with Crippen molar-refractivity contribution in [2.24, 2.45) is 5.92 Å². The summed E-state index contributed by atoms with van der Waals surface area (Å²) >= 11 is 3.58. The van der Waals surface area contributed by atoms with Crippen molar-refractivity contribution in [3.8, 4) is 0 Å². The van der Waals surface area contributed by atoms with Crippen molar-refractivity contribution in [2.75, 3.05) is 13.1 Å². The zero-order chi connectivity index (χ0) is 13.7. The van der Waals surface area contributed by atoms with Crippen LogP contribution in [0.1, 0.15) is 31.2 Å². The third-order valence-corrected chi connectivity index (χ3v) is 4.53. The van der Waals surface area contributed by atoms with Crippen LogP contribution >= 0.6 is 28.3 Å². The first-order valence-corrected chi connectivity index (χ1v) is 7.62. The van der Waals surface area contributed by atoms with Gasteiger partial charge in [-0.3, -0.25) is 9.69 Å². The van der Waals surface area contributed by atoms with Crippen LogP contribution in [0.2, 0.25) is 0 Å². The number of likely N-dealkylation sites (tertiary alicyclic amines) is 1. The molecular formula is C15H21BrClNO2. The molecule has 20 heavy (non-hydrogen) atoms. The zero-order valence-corrected chi connectivity index (χ0v) is 13.8. The van der Waals surface area contributed by atoms with E-state index in [0.29, 0.717) is 12.3 Å². The predicted octanol–water partition coefficient (Wildman–Crippen LogP) is 3.95. The van der Waals surface area contributed by atoms with Gasteiger partial charge in [-0.25, -0.2) is 0 Å². The molecule has 1 saturated heterocycles. The summed E-state index contributed by atoms with van der Waals surface area (Å²) in [5.41, 5.74) is 1.30. The third kappa shape index (κ3) is 5.43. The second kappa shape index (κ2) is 8.65. The Labute approximate surface area is 134 Å². The molecule has 3 nitrogen and oxygen atoms in total. The molecule has 1 aliphatic heterocycles. The van der Waals surface area contributed by atoms with Gasteiger partial charge in [-0.05, 0) is 49.9 Å². The Morgan fingerprint density at radius 3 is 2.75 bits per heavy atom. The number of hydrogen-bond donors (Lipinski definition) is 1. The quantitative estimate of drug-likeness (QED) is 0.881. The van der Waals surface area contributed by atoms with E-state index >= 15 is 0 Å². The standard InChI is InChI=1S/C15H20BrNO2.ClH/c16-14-6-2-1-5-13(14)11-17-8-3-4-12(7-9-17)10-15(18)19;/h1-2,5-6,12H,3-4,7-11H2,(H,18,19);1H. The minimum Gasteiger partial charge on any atom is -0.481 e. The van der Waals surface area contributed by atoms with Crippen LogP contribution in [0.25, 0.3) is 0 Å². The molecule has 0 bridgehead atoms. The van der Waals surface area contributed by atoms with Crippen molar-refractivity contribution in [1.82, 2.24) is 4.90 Å². The molecule has 0 amide bonds. The molecule has 0 aromatic heterocycles. The van der Waals surface area contributed by atoms with E-state index in [1.165, 1.54) is 5.56 Å². The lowest BCUT2D eigenvalue weighted by molar-refractivity contribution is -0.138. The van der Waals surface area contributed by atoms with Crippen molar-refractivity contribution < 1.29 is 9.90 Å². The molecule has 2 rings (SSSR count). The summed E-state index contributed by atoms with van der Waals surface area (Å²) in [6, 6.07) is 8.30. The first-order valence-electron chi connectivity index (χ1n) is 6.82. The molecular weight excluding hydrogens is 342 g/mol. The highest BCUT2D eigenvalue weighted by Gasteiger charge is 2.19. The van der Waals surface area contributed by atoms with Gasteiger partial charge >= 0.3 is 5.97 Å². The van der Waals surface area contributed by atoms with Gasteiger partial charge in [-0.2, -0.15) is 0 Å². The maximum absolute atomic E-state index is 10.8. The molecule has 1 N–H and O–H groups in total. The molecule has 0 aliphatic carbocycles. The van der Waals surface area contributed by atoms with Gasteiger partial charge < -0.3 is 5.11 Å². The van der Waals surface area contributed by atoms with E-state index in [1.54, 1.807) is 0 Å². The molecule has 1 atom stereocenters. The van der Waals surface area contributed by atoms with Gasteiger partial charge in [0, 0.05) is 17.4 Å². The molecule has 1 fully saturated rings. The number of nitrogens with zero attached hydrogens (tertiary/aromatic N) is 1. The molecule has 1 aromatic carbocycles. The van der Waals surface area contributed by atoms with Crippen LogP contribution in [0, 0.1) is 5.92 Å². The van der Waals surface area contributed by atoms with Crippen LogP contribution < -0.4 is 0 Å². The van der Waals surface area contributed by atoms with Gasteiger partial charge in [0.15, 0.2) is 0 Å². The summed E-state index contributed by atoms with van der Waals surface area (Å²) in [6.45, 7) is 3.01. The Hall–Kier alpha value is -0.580. The van der Waals surface area contributed by atoms with Crippen LogP contribution in [0.15, 0.2) is 28.7 Å². The van der Waals surface area contributed by atoms with Gasteiger partial charge in [-0.15, -0.1) is 12.4 Å². The third-order valence-electron chi connectivity index (χ3n) is 3.76. The summed E-state index contributed by atoms with van der Waals surface area (Å²) in [6.07, 6.45) is 3.46. The Kier molecular flexibility index (Phi) is 7.56. The fraction of sp³-hybridized carbons (Fsp3) is 0.533. The lowest BCUT2D eigenvalue weighted by Gasteiger charge is -2.20. The number of aliphatic carboxylic acids is 1. The van der Waals surface area contributed by atoms with Crippen LogP contribution in [-0.2, 0) is 11.3 Å². The zero-order valence-electron chi connectivity index (χ0n) is 11.4. The van der Waals surface area contributed by atoms with Gasteiger partial charge in [0.1, 0.15) is 0 Å². The predicted molar refractivity (Wildman–Crippen MR) is 86.3 cm³/mol. The highest BCUT2D eigenvalue weighted by atomic mass is 79.9. The first-order chi connectivity index (χ1) is 9.15. The van der Waals surface area contributed by atoms with Crippen molar-refractivity contribution in [3.05, 3.63) is 34.3 Å². The monoisotopic (exact) mass is 361 g/mol. The lowest BCUT2D eigenvalue weighted by atomic mass is 9.97. The molecule has 0 saturated carbocycles. The van der Waals surface area contributed by atoms with Gasteiger partial charge in [0.2, 0.25) is 0 Å². The van der Waals surface area contributed by atoms with E-state index in [4.69, 9.17) is 5.11 Å². The molecule has 1 unspecified atom stereocenters. The molecule has 5 heteroatoms. The van der Waals surface area contributed by atoms with Gasteiger partial charge in [0.25, 0.3) is 0 Å². The number of rotatable bonds is 4. The topological polar surface area (TPSA) is 40.5 Å². The van der Waals surface area contributed by atoms with Crippen molar-refractivity contribution in [1.29, 1.82) is 0 Å². The number of carbonyl (C=O) groups is 1. The van der Waals surface area contributed by atoms with Crippen molar-refractivity contribution in [2.45, 2.75) is 32.2 Å². The smallest absolute Gasteiger partial charge is 0.303 e. The number of carboxylic acids is 1. The largest absolute Gasteiger partial charge is 0.481 e. The van der Waals surface area contributed by atoms with Crippen molar-refractivity contribution >= 4 is 34.3 Å². The Morgan fingerprint density at radius 2 is 2.05 bits per heavy atom. The molecule has 0 spiro atoms. The van der Waals surface area contributed by atoms with E-state index in [2.05, 4.69) is 39.0 Å². The maximum Gasteiger partial charge on any atom is 0.303 e. The summed E-state index contributed by atoms with van der Waals surface area (Å²) in [4.78, 5) is 13.2. The fourth-order valence-electron chi connectivity index (χ4n) is 2.70. The minimum atomic E-state index is -0.663. The molecule has 1 aliphatic rings. The SMILES string of the molecule is Cl.O=C(O)CC1CCCN(Cc2ccccc2Br)CC1. The van der Waals surface area contributed by atoms with E-state index in [1.807, 2.05) is 6.07 Å². The summed E-state index contributed by atoms with van der Waals surface area (Å²) < 4.78 is 1.15. The minimum absolute atomic E-state index is 0. The normalized spacial score (nSPS) is 19.9. The molecule has 0 radical (unpaired) electrons. The Balaban J connectivity index is 0.00000200. The highest BCUT2D eigenvalue weighted by Crippen LogP contribution is 2.23. The van der Waals surface area contributed by atoms with Crippen LogP contribution in [-0.4, -0.2) is 29.1 Å². The van der Waals surface area contributed by atoms with Gasteiger partial charge in [0.05, 0.1) is 0 Å². The lowest BCUT2D eigenvalue weighted by Crippen LogP contribution is -2.24. The van der Waals surface area contributed by atoms with Gasteiger partial charge in [-0.1, -0.05) is 34.1 Å². The highest BCUT2D eigenvalue weighted by molar-refractivity contribution is 9.10. The van der Waals surface area contributed by atoms with Crippen LogP contribution in [0.3, 0.4) is 0 Å². The Bertz CT molecular complexity index is 442. The number of benzene rings is 1. The van der Waals surface area contributed by atoms with Crippen LogP contribution in [0.4, 0.5) is 0 Å². The summed E-state index contributed by atoms with van der Waals surface area (Å²) in [5, 5.41) is 8.88. The number of carboxylic acid groups (broad SMARTS) is 1. The fourth-order valence-corrected chi connectivity index (χ4v) is 3.11. The summed E-state index contributed by atoms with van der Waals surface area (Å²) in [5.74, 6) is -0.314. The van der Waals surface area contributed by atoms with Crippen molar-refractivity contribution in [3.63, 3.8) is 0 Å². The molecule has 1 aromatic rings. The number of hydrogen-bond acceptors (Lipinski definition) is 2. The number of halogens is 2. The average molecular weight is 363 g/mol. The molecule has 1 heterocycles. The molecule has 112 valence electrons. The first kappa shape index (κ1) is 17.5. The average Bonchev–Trinajstić information content (AvgIpc) is 2.57. The second-order valence-electron chi connectivity index (χ2n) is 5.26. The van der Waals surface area contributed by atoms with E-state index in [9.17, 15) is 4.79 Å². The Morgan fingerprint density at radius 1 is 1.30 bits per heavy atom. The maximum atomic E-state index is 10.8. The van der Waals surface area contributed by atoms with Crippen LogP contribution in [0.5, 0.6) is 0 Å². The van der Waals surface area contributed by atoms with E-state index in [0.717, 1.165) is 43.4 Å². The van der Waals surface area contributed by atoms with E-state index in [-0.39, 0.29) is 12.4 Å².